The molecule has 0 aliphatic carbocycles. The highest BCUT2D eigenvalue weighted by molar-refractivity contribution is 5.74. The van der Waals surface area contributed by atoms with Crippen LogP contribution in [-0.2, 0) is 6.54 Å². The minimum atomic E-state index is -0.517. The van der Waals surface area contributed by atoms with Crippen LogP contribution in [0.1, 0.15) is 25.3 Å². The highest BCUT2D eigenvalue weighted by Crippen LogP contribution is 2.13. The first-order valence-electron chi connectivity index (χ1n) is 7.62. The van der Waals surface area contributed by atoms with Crippen molar-refractivity contribution in [2.45, 2.75) is 38.5 Å². The van der Waals surface area contributed by atoms with E-state index >= 15 is 0 Å². The molecule has 5 nitrogen and oxygen atoms in total. The molecule has 1 saturated heterocycles. The molecular weight excluding hydrogens is 266 g/mol. The van der Waals surface area contributed by atoms with Gasteiger partial charge < -0.3 is 15.7 Å². The average molecular weight is 291 g/mol. The Labute approximate surface area is 126 Å². The Morgan fingerprint density at radius 1 is 1.43 bits per heavy atom. The maximum Gasteiger partial charge on any atom is 0.315 e. The average Bonchev–Trinajstić information content (AvgIpc) is 2.46. The number of rotatable bonds is 5. The largest absolute Gasteiger partial charge is 0.392 e. The summed E-state index contributed by atoms with van der Waals surface area (Å²) in [6.07, 6.45) is 1.58. The van der Waals surface area contributed by atoms with Crippen molar-refractivity contribution in [3.05, 3.63) is 35.9 Å². The van der Waals surface area contributed by atoms with E-state index in [0.29, 0.717) is 0 Å². The van der Waals surface area contributed by atoms with E-state index < -0.39 is 6.10 Å². The van der Waals surface area contributed by atoms with Crippen molar-refractivity contribution in [3.8, 4) is 0 Å². The zero-order valence-electron chi connectivity index (χ0n) is 12.6. The monoisotopic (exact) mass is 291 g/mol. The Balaban J connectivity index is 1.76. The van der Waals surface area contributed by atoms with Crippen LogP contribution in [0.2, 0.25) is 0 Å². The van der Waals surface area contributed by atoms with Crippen LogP contribution in [0.5, 0.6) is 0 Å². The fourth-order valence-corrected chi connectivity index (χ4v) is 2.64. The standard InChI is InChI=1S/C16H25N3O2/c1-13(20)10-17-16(21)18-15-8-5-9-19(12-15)11-14-6-3-2-4-7-14/h2-4,6-7,13,15,20H,5,8-12H2,1H3,(H2,17,18,21)/t13-,15?/m1/s1. The van der Waals surface area contributed by atoms with E-state index in [0.717, 1.165) is 32.5 Å². The number of urea groups is 1. The summed E-state index contributed by atoms with van der Waals surface area (Å²) in [6.45, 7) is 4.81. The second-order valence-electron chi connectivity index (χ2n) is 5.76. The van der Waals surface area contributed by atoms with Crippen molar-refractivity contribution in [1.29, 1.82) is 0 Å². The van der Waals surface area contributed by atoms with Crippen molar-refractivity contribution in [1.82, 2.24) is 15.5 Å². The lowest BCUT2D eigenvalue weighted by atomic mass is 10.0. The minimum absolute atomic E-state index is 0.177. The quantitative estimate of drug-likeness (QED) is 0.767. The summed E-state index contributed by atoms with van der Waals surface area (Å²) < 4.78 is 0. The first kappa shape index (κ1) is 15.8. The van der Waals surface area contributed by atoms with Gasteiger partial charge in [-0.25, -0.2) is 4.79 Å². The number of amides is 2. The smallest absolute Gasteiger partial charge is 0.315 e. The number of nitrogens with one attached hydrogen (secondary N) is 2. The molecule has 2 rings (SSSR count). The Morgan fingerprint density at radius 2 is 2.19 bits per heavy atom. The van der Waals surface area contributed by atoms with Gasteiger partial charge in [0.2, 0.25) is 0 Å². The van der Waals surface area contributed by atoms with Crippen LogP contribution in [0.15, 0.2) is 30.3 Å². The third-order valence-corrected chi connectivity index (χ3v) is 3.65. The second-order valence-corrected chi connectivity index (χ2v) is 5.76. The lowest BCUT2D eigenvalue weighted by Crippen LogP contribution is -2.51. The van der Waals surface area contributed by atoms with E-state index in [2.05, 4.69) is 39.8 Å². The molecule has 3 N–H and O–H groups in total. The number of hydrogen-bond acceptors (Lipinski definition) is 3. The van der Waals surface area contributed by atoms with Crippen molar-refractivity contribution >= 4 is 6.03 Å². The topological polar surface area (TPSA) is 64.6 Å². The van der Waals surface area contributed by atoms with Crippen molar-refractivity contribution in [3.63, 3.8) is 0 Å². The molecule has 5 heteroatoms. The lowest BCUT2D eigenvalue weighted by Gasteiger charge is -2.33. The third kappa shape index (κ3) is 5.73. The molecule has 0 aromatic heterocycles. The Kier molecular flexibility index (Phi) is 6.02. The van der Waals surface area contributed by atoms with Crippen LogP contribution < -0.4 is 10.6 Å². The van der Waals surface area contributed by atoms with Crippen molar-refractivity contribution < 1.29 is 9.90 Å². The van der Waals surface area contributed by atoms with Crippen molar-refractivity contribution in [2.75, 3.05) is 19.6 Å². The normalized spacial score (nSPS) is 20.8. The molecule has 0 bridgehead atoms. The first-order valence-corrected chi connectivity index (χ1v) is 7.62. The van der Waals surface area contributed by atoms with E-state index in [9.17, 15) is 4.79 Å². The fraction of sp³-hybridized carbons (Fsp3) is 0.562. The second kappa shape index (κ2) is 8.00. The van der Waals surface area contributed by atoms with E-state index in [4.69, 9.17) is 5.11 Å². The fourth-order valence-electron chi connectivity index (χ4n) is 2.64. The molecular formula is C16H25N3O2. The Bertz CT molecular complexity index is 436. The van der Waals surface area contributed by atoms with Crippen LogP contribution in [0.3, 0.4) is 0 Å². The van der Waals surface area contributed by atoms with Gasteiger partial charge in [0, 0.05) is 25.7 Å². The van der Waals surface area contributed by atoms with Gasteiger partial charge in [-0.2, -0.15) is 0 Å². The van der Waals surface area contributed by atoms with Crippen LogP contribution in [0, 0.1) is 0 Å². The molecule has 0 radical (unpaired) electrons. The maximum absolute atomic E-state index is 11.7. The molecule has 1 aliphatic heterocycles. The Hall–Kier alpha value is -1.59. The van der Waals surface area contributed by atoms with Crippen LogP contribution in [0.4, 0.5) is 4.79 Å². The summed E-state index contributed by atoms with van der Waals surface area (Å²) in [6, 6.07) is 10.4. The Morgan fingerprint density at radius 3 is 2.90 bits per heavy atom. The number of carbonyl (C=O) groups is 1. The molecule has 1 unspecified atom stereocenters. The molecule has 2 atom stereocenters. The summed E-state index contributed by atoms with van der Waals surface area (Å²) in [4.78, 5) is 14.1. The molecule has 2 amide bonds. The number of piperidine rings is 1. The number of likely N-dealkylation sites (tertiary alicyclic amines) is 1. The molecule has 1 aromatic rings. The summed E-state index contributed by atoms with van der Waals surface area (Å²) >= 11 is 0. The zero-order valence-corrected chi connectivity index (χ0v) is 12.6. The highest BCUT2D eigenvalue weighted by atomic mass is 16.3. The van der Waals surface area contributed by atoms with E-state index in [1.165, 1.54) is 5.56 Å². The minimum Gasteiger partial charge on any atom is -0.392 e. The van der Waals surface area contributed by atoms with Gasteiger partial charge in [-0.3, -0.25) is 4.90 Å². The molecule has 0 saturated carbocycles. The van der Waals surface area contributed by atoms with Crippen LogP contribution in [0.25, 0.3) is 0 Å². The van der Waals surface area contributed by atoms with Gasteiger partial charge in [0.15, 0.2) is 0 Å². The van der Waals surface area contributed by atoms with Crippen molar-refractivity contribution in [2.24, 2.45) is 0 Å². The van der Waals surface area contributed by atoms with Gasteiger partial charge in [0.1, 0.15) is 0 Å². The maximum atomic E-state index is 11.7. The predicted molar refractivity (Wildman–Crippen MR) is 83.0 cm³/mol. The number of nitrogens with zero attached hydrogens (tertiary/aromatic N) is 1. The van der Waals surface area contributed by atoms with E-state index in [1.807, 2.05) is 6.07 Å². The molecule has 1 fully saturated rings. The van der Waals surface area contributed by atoms with Gasteiger partial charge in [0.25, 0.3) is 0 Å². The SMILES string of the molecule is C[C@@H](O)CNC(=O)NC1CCCN(Cc2ccccc2)C1. The number of benzene rings is 1. The summed E-state index contributed by atoms with van der Waals surface area (Å²) in [5, 5.41) is 14.8. The predicted octanol–water partition coefficient (Wildman–Crippen LogP) is 1.33. The van der Waals surface area contributed by atoms with Gasteiger partial charge in [0.05, 0.1) is 6.10 Å². The number of aliphatic hydroxyl groups is 1. The van der Waals surface area contributed by atoms with Crippen LogP contribution >= 0.6 is 0 Å². The van der Waals surface area contributed by atoms with Gasteiger partial charge >= 0.3 is 6.03 Å². The zero-order chi connectivity index (χ0) is 15.1. The summed E-state index contributed by atoms with van der Waals surface area (Å²) in [5.41, 5.74) is 1.30. The molecule has 1 aromatic carbocycles. The number of hydrogen-bond donors (Lipinski definition) is 3. The summed E-state index contributed by atoms with van der Waals surface area (Å²) in [7, 11) is 0. The first-order chi connectivity index (χ1) is 10.1. The van der Waals surface area contributed by atoms with Gasteiger partial charge in [-0.15, -0.1) is 0 Å². The van der Waals surface area contributed by atoms with E-state index in [-0.39, 0.29) is 18.6 Å². The lowest BCUT2D eigenvalue weighted by molar-refractivity contribution is 0.172. The van der Waals surface area contributed by atoms with Gasteiger partial charge in [-0.05, 0) is 31.9 Å². The van der Waals surface area contributed by atoms with Gasteiger partial charge in [-0.1, -0.05) is 30.3 Å². The third-order valence-electron chi connectivity index (χ3n) is 3.65. The molecule has 1 heterocycles. The highest BCUT2D eigenvalue weighted by Gasteiger charge is 2.21. The molecule has 1 aliphatic rings. The van der Waals surface area contributed by atoms with Crippen LogP contribution in [-0.4, -0.2) is 47.8 Å². The number of carbonyl (C=O) groups excluding carboxylic acids is 1. The number of aliphatic hydroxyl groups excluding tert-OH is 1. The molecule has 116 valence electrons. The molecule has 21 heavy (non-hydrogen) atoms. The summed E-state index contributed by atoms with van der Waals surface area (Å²) in [5.74, 6) is 0. The molecule has 0 spiro atoms. The van der Waals surface area contributed by atoms with E-state index in [1.54, 1.807) is 6.92 Å².